The number of rotatable bonds is 6. The maximum absolute atomic E-state index is 11.7. The summed E-state index contributed by atoms with van der Waals surface area (Å²) in [7, 11) is 0. The number of carbonyl (C=O) groups excluding carboxylic acids is 1. The van der Waals surface area contributed by atoms with Gasteiger partial charge in [-0.1, -0.05) is 27.7 Å². The number of nitrogens with one attached hydrogen (secondary N) is 1. The highest BCUT2D eigenvalue weighted by atomic mass is 16.3. The van der Waals surface area contributed by atoms with E-state index in [1.165, 1.54) is 0 Å². The van der Waals surface area contributed by atoms with Gasteiger partial charge in [-0.2, -0.15) is 0 Å². The topological polar surface area (TPSA) is 75.4 Å². The molecule has 0 aliphatic rings. The van der Waals surface area contributed by atoms with Crippen LogP contribution in [-0.4, -0.2) is 29.2 Å². The minimum Gasteiger partial charge on any atom is -0.391 e. The van der Waals surface area contributed by atoms with E-state index in [0.29, 0.717) is 12.8 Å². The second-order valence-corrected chi connectivity index (χ2v) is 4.38. The summed E-state index contributed by atoms with van der Waals surface area (Å²) in [5.41, 5.74) is 5.11. The maximum atomic E-state index is 11.7. The summed E-state index contributed by atoms with van der Waals surface area (Å²) in [6.45, 7) is 7.87. The second kappa shape index (κ2) is 6.08. The van der Waals surface area contributed by atoms with E-state index >= 15 is 0 Å². The van der Waals surface area contributed by atoms with Gasteiger partial charge in [0.05, 0.1) is 11.6 Å². The average Bonchev–Trinajstić information content (AvgIpc) is 2.23. The molecule has 4 N–H and O–H groups in total. The minimum absolute atomic E-state index is 0.140. The Morgan fingerprint density at radius 2 is 1.87 bits per heavy atom. The highest BCUT2D eigenvalue weighted by molar-refractivity contribution is 5.85. The molecule has 4 heteroatoms. The highest BCUT2D eigenvalue weighted by Crippen LogP contribution is 2.11. The van der Waals surface area contributed by atoms with E-state index in [4.69, 9.17) is 5.73 Å². The first kappa shape index (κ1) is 14.4. The van der Waals surface area contributed by atoms with Crippen molar-refractivity contribution >= 4 is 5.91 Å². The van der Waals surface area contributed by atoms with Gasteiger partial charge in [0.1, 0.15) is 0 Å². The van der Waals surface area contributed by atoms with Crippen molar-refractivity contribution in [3.8, 4) is 0 Å². The quantitative estimate of drug-likeness (QED) is 0.610. The van der Waals surface area contributed by atoms with Crippen molar-refractivity contribution in [2.45, 2.75) is 52.2 Å². The molecule has 0 spiro atoms. The van der Waals surface area contributed by atoms with Gasteiger partial charge >= 0.3 is 0 Å². The zero-order valence-corrected chi connectivity index (χ0v) is 10.2. The molecule has 1 atom stereocenters. The number of aliphatic hydroxyl groups excluding tert-OH is 1. The molecule has 0 aliphatic carbocycles. The summed E-state index contributed by atoms with van der Waals surface area (Å²) in [6, 6.07) is 0. The molecule has 1 amide bonds. The average molecular weight is 216 g/mol. The summed E-state index contributed by atoms with van der Waals surface area (Å²) in [5.74, 6) is -0.0343. The van der Waals surface area contributed by atoms with Crippen LogP contribution in [-0.2, 0) is 4.79 Å². The first-order valence-corrected chi connectivity index (χ1v) is 5.62. The molecule has 0 aromatic carbocycles. The minimum atomic E-state index is -0.795. The van der Waals surface area contributed by atoms with Crippen LogP contribution in [0.4, 0.5) is 0 Å². The molecule has 0 bridgehead atoms. The standard InChI is InChI=1S/C11H24N2O2/c1-5-11(12,6-2)10(15)13-7-9(14)8(3)4/h8-9,14H,5-7,12H2,1-4H3,(H,13,15). The van der Waals surface area contributed by atoms with E-state index < -0.39 is 11.6 Å². The Morgan fingerprint density at radius 3 is 2.20 bits per heavy atom. The molecular weight excluding hydrogens is 192 g/mol. The molecule has 0 heterocycles. The molecule has 0 fully saturated rings. The normalized spacial score (nSPS) is 14.1. The Balaban J connectivity index is 4.14. The maximum Gasteiger partial charge on any atom is 0.240 e. The lowest BCUT2D eigenvalue weighted by Crippen LogP contribution is -2.54. The predicted octanol–water partition coefficient (Wildman–Crippen LogP) is 0.637. The SMILES string of the molecule is CCC(N)(CC)C(=O)NCC(O)C(C)C. The van der Waals surface area contributed by atoms with Crippen molar-refractivity contribution in [2.75, 3.05) is 6.54 Å². The molecule has 0 rings (SSSR count). The van der Waals surface area contributed by atoms with Crippen molar-refractivity contribution in [3.05, 3.63) is 0 Å². The van der Waals surface area contributed by atoms with Gasteiger partial charge in [-0.15, -0.1) is 0 Å². The molecule has 0 radical (unpaired) electrons. The van der Waals surface area contributed by atoms with Crippen molar-refractivity contribution in [1.29, 1.82) is 0 Å². The van der Waals surface area contributed by atoms with E-state index in [-0.39, 0.29) is 18.4 Å². The summed E-state index contributed by atoms with van der Waals surface area (Å²) in [6.07, 6.45) is 0.701. The lowest BCUT2D eigenvalue weighted by Gasteiger charge is -2.26. The van der Waals surface area contributed by atoms with Crippen molar-refractivity contribution in [2.24, 2.45) is 11.7 Å². The van der Waals surface area contributed by atoms with Crippen LogP contribution >= 0.6 is 0 Å². The molecule has 1 unspecified atom stereocenters. The fraction of sp³-hybridized carbons (Fsp3) is 0.909. The number of carbonyl (C=O) groups is 1. The van der Waals surface area contributed by atoms with E-state index in [1.807, 2.05) is 27.7 Å². The van der Waals surface area contributed by atoms with Crippen LogP contribution in [0.25, 0.3) is 0 Å². The Kier molecular flexibility index (Phi) is 5.83. The molecule has 0 aliphatic heterocycles. The van der Waals surface area contributed by atoms with Gasteiger partial charge in [-0.05, 0) is 18.8 Å². The van der Waals surface area contributed by atoms with Gasteiger partial charge in [-0.25, -0.2) is 0 Å². The van der Waals surface area contributed by atoms with E-state index in [1.54, 1.807) is 0 Å². The van der Waals surface area contributed by atoms with Crippen LogP contribution in [0.1, 0.15) is 40.5 Å². The Morgan fingerprint density at radius 1 is 1.40 bits per heavy atom. The Hall–Kier alpha value is -0.610. The Labute approximate surface area is 92.2 Å². The first-order chi connectivity index (χ1) is 6.87. The first-order valence-electron chi connectivity index (χ1n) is 5.62. The molecule has 90 valence electrons. The van der Waals surface area contributed by atoms with Crippen LogP contribution in [0, 0.1) is 5.92 Å². The van der Waals surface area contributed by atoms with Crippen molar-refractivity contribution in [3.63, 3.8) is 0 Å². The summed E-state index contributed by atoms with van der Waals surface area (Å²) in [5, 5.41) is 12.2. The molecule has 15 heavy (non-hydrogen) atoms. The molecule has 0 aromatic rings. The van der Waals surface area contributed by atoms with E-state index in [9.17, 15) is 9.90 Å². The van der Waals surface area contributed by atoms with Gasteiger partial charge in [0, 0.05) is 6.54 Å². The monoisotopic (exact) mass is 216 g/mol. The summed E-state index contributed by atoms with van der Waals surface area (Å²) >= 11 is 0. The molecular formula is C11H24N2O2. The number of hydrogen-bond donors (Lipinski definition) is 3. The van der Waals surface area contributed by atoms with E-state index in [0.717, 1.165) is 0 Å². The lowest BCUT2D eigenvalue weighted by molar-refractivity contribution is -0.127. The van der Waals surface area contributed by atoms with Gasteiger partial charge in [0.25, 0.3) is 0 Å². The number of amides is 1. The molecule has 4 nitrogen and oxygen atoms in total. The third kappa shape index (κ3) is 4.18. The fourth-order valence-electron chi connectivity index (χ4n) is 1.18. The van der Waals surface area contributed by atoms with Gasteiger partial charge < -0.3 is 16.2 Å². The smallest absolute Gasteiger partial charge is 0.240 e. The third-order valence-corrected chi connectivity index (χ3v) is 2.96. The summed E-state index contributed by atoms with van der Waals surface area (Å²) in [4.78, 5) is 11.7. The van der Waals surface area contributed by atoms with Crippen LogP contribution in [0.2, 0.25) is 0 Å². The van der Waals surface area contributed by atoms with Gasteiger partial charge in [0.15, 0.2) is 0 Å². The van der Waals surface area contributed by atoms with Crippen LogP contribution in [0.5, 0.6) is 0 Å². The highest BCUT2D eigenvalue weighted by Gasteiger charge is 2.29. The Bertz CT molecular complexity index is 201. The van der Waals surface area contributed by atoms with Gasteiger partial charge in [-0.3, -0.25) is 4.79 Å². The van der Waals surface area contributed by atoms with E-state index in [2.05, 4.69) is 5.32 Å². The van der Waals surface area contributed by atoms with Crippen molar-refractivity contribution < 1.29 is 9.90 Å². The zero-order valence-electron chi connectivity index (χ0n) is 10.2. The zero-order chi connectivity index (χ0) is 12.1. The van der Waals surface area contributed by atoms with Crippen LogP contribution in [0.15, 0.2) is 0 Å². The molecule has 0 saturated heterocycles. The van der Waals surface area contributed by atoms with Crippen LogP contribution in [0.3, 0.4) is 0 Å². The molecule has 0 saturated carbocycles. The largest absolute Gasteiger partial charge is 0.391 e. The number of nitrogens with two attached hydrogens (primary N) is 1. The number of aliphatic hydroxyl groups is 1. The van der Waals surface area contributed by atoms with Crippen LogP contribution < -0.4 is 11.1 Å². The van der Waals surface area contributed by atoms with Gasteiger partial charge in [0.2, 0.25) is 5.91 Å². The lowest BCUT2D eigenvalue weighted by atomic mass is 9.93. The molecule has 0 aromatic heterocycles. The predicted molar refractivity (Wildman–Crippen MR) is 61.4 cm³/mol. The summed E-state index contributed by atoms with van der Waals surface area (Å²) < 4.78 is 0. The third-order valence-electron chi connectivity index (χ3n) is 2.96. The van der Waals surface area contributed by atoms with Crippen molar-refractivity contribution in [1.82, 2.24) is 5.32 Å². The fourth-order valence-corrected chi connectivity index (χ4v) is 1.18. The second-order valence-electron chi connectivity index (χ2n) is 4.38. The number of hydrogen-bond acceptors (Lipinski definition) is 3.